The number of halogens is 1. The molecule has 1 aromatic heterocycles. The van der Waals surface area contributed by atoms with E-state index in [9.17, 15) is 23.9 Å². The van der Waals surface area contributed by atoms with Crippen LogP contribution in [0.4, 0.5) is 9.18 Å². The first-order valence-corrected chi connectivity index (χ1v) is 18.6. The number of hydrogen-bond donors (Lipinski definition) is 3. The van der Waals surface area contributed by atoms with Gasteiger partial charge in [0, 0.05) is 23.9 Å². The molecule has 0 radical (unpaired) electrons. The van der Waals surface area contributed by atoms with Gasteiger partial charge >= 0.3 is 12.1 Å². The molecule has 3 atom stereocenters. The molecular formula is C36H49FN2O6Si. The van der Waals surface area contributed by atoms with Crippen LogP contribution in [0.25, 0.3) is 11.1 Å². The molecule has 8 nitrogen and oxygen atoms in total. The summed E-state index contributed by atoms with van der Waals surface area (Å²) in [7, 11) is -1.18. The first-order valence-electron chi connectivity index (χ1n) is 15.7. The van der Waals surface area contributed by atoms with Crippen molar-refractivity contribution in [3.63, 3.8) is 0 Å². The van der Waals surface area contributed by atoms with Crippen molar-refractivity contribution in [2.75, 3.05) is 7.11 Å². The summed E-state index contributed by atoms with van der Waals surface area (Å²) >= 11 is 0. The number of rotatable bonds is 14. The molecule has 0 aliphatic heterocycles. The van der Waals surface area contributed by atoms with Gasteiger partial charge in [-0.1, -0.05) is 56.3 Å². The molecule has 0 saturated heterocycles. The number of ether oxygens (including phenoxy) is 2. The van der Waals surface area contributed by atoms with E-state index in [-0.39, 0.29) is 18.8 Å². The fraction of sp³-hybridized carbons (Fsp3) is 0.472. The Labute approximate surface area is 273 Å². The zero-order chi connectivity index (χ0) is 34.3. The predicted molar refractivity (Wildman–Crippen MR) is 181 cm³/mol. The second-order valence-electron chi connectivity index (χ2n) is 14.2. The lowest BCUT2D eigenvalue weighted by Gasteiger charge is -2.41. The average Bonchev–Trinajstić information content (AvgIpc) is 2.96. The van der Waals surface area contributed by atoms with E-state index in [1.54, 1.807) is 58.3 Å². The van der Waals surface area contributed by atoms with Crippen LogP contribution in [-0.2, 0) is 22.4 Å². The highest BCUT2D eigenvalue weighted by molar-refractivity contribution is 6.72. The second-order valence-corrected chi connectivity index (χ2v) is 18.7. The smallest absolute Gasteiger partial charge is 0.407 e. The Morgan fingerprint density at radius 3 is 2.11 bits per heavy atom. The molecule has 0 spiro atoms. The number of aliphatic carboxylic acids is 1. The molecule has 0 aliphatic rings. The van der Waals surface area contributed by atoms with Crippen molar-refractivity contribution < 1.29 is 33.4 Å². The monoisotopic (exact) mass is 652 g/mol. The minimum Gasteiger partial charge on any atom is -0.481 e. The summed E-state index contributed by atoms with van der Waals surface area (Å²) < 4.78 is 25.4. The molecule has 0 bridgehead atoms. The number of carbonyl (C=O) groups excluding carboxylic acids is 1. The molecule has 0 aliphatic carbocycles. The van der Waals surface area contributed by atoms with Gasteiger partial charge in [0.05, 0.1) is 13.0 Å². The van der Waals surface area contributed by atoms with Gasteiger partial charge in [-0.05, 0) is 99.3 Å². The summed E-state index contributed by atoms with van der Waals surface area (Å²) in [5.41, 5.74) is 2.38. The molecule has 0 saturated carbocycles. The van der Waals surface area contributed by atoms with Gasteiger partial charge in [-0.3, -0.25) is 4.79 Å². The van der Waals surface area contributed by atoms with Gasteiger partial charge in [-0.2, -0.15) is 0 Å². The van der Waals surface area contributed by atoms with Crippen LogP contribution in [0.2, 0.25) is 18.1 Å². The van der Waals surface area contributed by atoms with Crippen LogP contribution in [0.15, 0.2) is 66.9 Å². The van der Waals surface area contributed by atoms with Crippen molar-refractivity contribution in [2.45, 2.75) is 90.1 Å². The van der Waals surface area contributed by atoms with Gasteiger partial charge in [-0.25, -0.2) is 14.2 Å². The van der Waals surface area contributed by atoms with Crippen molar-refractivity contribution in [1.82, 2.24) is 10.3 Å². The van der Waals surface area contributed by atoms with E-state index in [0.29, 0.717) is 24.3 Å². The molecule has 250 valence electrons. The number of hydrogen-bond acceptors (Lipinski definition) is 6. The second kappa shape index (κ2) is 15.2. The molecule has 1 heterocycles. The van der Waals surface area contributed by atoms with Crippen LogP contribution < -0.4 is 10.1 Å². The van der Waals surface area contributed by atoms with Gasteiger partial charge in [-0.15, -0.1) is 0 Å². The van der Waals surface area contributed by atoms with Crippen molar-refractivity contribution >= 4 is 20.4 Å². The Balaban J connectivity index is 2.01. The number of aromatic nitrogens is 1. The average molecular weight is 653 g/mol. The van der Waals surface area contributed by atoms with Crippen molar-refractivity contribution in [3.05, 3.63) is 83.8 Å². The van der Waals surface area contributed by atoms with E-state index < -0.39 is 48.8 Å². The number of nitrogens with zero attached hydrogens (tertiary/aromatic N) is 1. The fourth-order valence-corrected chi connectivity index (χ4v) is 6.18. The number of carboxylic acid groups (broad SMARTS) is 1. The SMILES string of the molecule is COc1ccc(-c2ccc(C[C@H](NC(=O)OC(C)(C)C)[C@H](C[C@@H](Cc3ccccc3F)C(=O)O)CC(C)(C)[Si](C)(C)O)cc2)cn1. The first kappa shape index (κ1) is 36.7. The molecule has 3 aromatic rings. The topological polar surface area (TPSA) is 118 Å². The Morgan fingerprint density at radius 2 is 1.59 bits per heavy atom. The molecule has 3 N–H and O–H groups in total. The number of benzene rings is 2. The quantitative estimate of drug-likeness (QED) is 0.153. The maximum Gasteiger partial charge on any atom is 0.407 e. The van der Waals surface area contributed by atoms with Crippen LogP contribution in [-0.4, -0.2) is 54.0 Å². The van der Waals surface area contributed by atoms with E-state index >= 15 is 0 Å². The molecular weight excluding hydrogens is 603 g/mol. The van der Waals surface area contributed by atoms with Crippen molar-refractivity contribution in [1.29, 1.82) is 0 Å². The summed E-state index contributed by atoms with van der Waals surface area (Å²) in [5.74, 6) is -2.28. The number of nitrogens with one attached hydrogen (secondary N) is 1. The third-order valence-corrected chi connectivity index (χ3v) is 12.3. The highest BCUT2D eigenvalue weighted by Crippen LogP contribution is 2.44. The maximum absolute atomic E-state index is 14.6. The zero-order valence-corrected chi connectivity index (χ0v) is 29.3. The third kappa shape index (κ3) is 10.7. The fourth-order valence-electron chi connectivity index (χ4n) is 5.41. The third-order valence-electron chi connectivity index (χ3n) is 8.75. The number of carboxylic acids is 1. The van der Waals surface area contributed by atoms with Crippen LogP contribution in [0.5, 0.6) is 5.88 Å². The highest BCUT2D eigenvalue weighted by atomic mass is 28.4. The van der Waals surface area contributed by atoms with Gasteiger partial charge in [0.1, 0.15) is 11.4 Å². The molecule has 10 heteroatoms. The lowest BCUT2D eigenvalue weighted by atomic mass is 9.79. The summed E-state index contributed by atoms with van der Waals surface area (Å²) in [6.07, 6.45) is 2.13. The van der Waals surface area contributed by atoms with Crippen molar-refractivity contribution in [2.24, 2.45) is 11.8 Å². The Hall–Kier alpha value is -3.76. The highest BCUT2D eigenvalue weighted by Gasteiger charge is 2.43. The lowest BCUT2D eigenvalue weighted by Crippen LogP contribution is -2.48. The van der Waals surface area contributed by atoms with E-state index in [4.69, 9.17) is 9.47 Å². The van der Waals surface area contributed by atoms with E-state index in [2.05, 4.69) is 10.3 Å². The van der Waals surface area contributed by atoms with Crippen LogP contribution >= 0.6 is 0 Å². The van der Waals surface area contributed by atoms with Gasteiger partial charge in [0.15, 0.2) is 8.32 Å². The van der Waals surface area contributed by atoms with Gasteiger partial charge in [0.2, 0.25) is 5.88 Å². The summed E-state index contributed by atoms with van der Waals surface area (Å²) in [6.45, 7) is 13.0. The first-order chi connectivity index (χ1) is 21.4. The summed E-state index contributed by atoms with van der Waals surface area (Å²) in [5, 5.41) is 12.8. The standard InChI is InChI=1S/C36H49FN2O6Si/c1-35(2,3)45-34(42)39-31(19-24-13-15-25(16-14-24)27-17-18-32(44-6)38-23-27)29(22-36(4,5)46(7,8)43)21-28(33(40)41)20-26-11-9-10-12-30(26)37/h9-18,23,28-29,31,43H,19-22H2,1-8H3,(H,39,42)(H,40,41)/t28-,29-,31+/m1/s1. The molecule has 3 rings (SSSR count). The number of pyridine rings is 1. The zero-order valence-electron chi connectivity index (χ0n) is 28.3. The molecule has 46 heavy (non-hydrogen) atoms. The Morgan fingerprint density at radius 1 is 0.957 bits per heavy atom. The number of amides is 1. The number of carbonyl (C=O) groups is 2. The number of methoxy groups -OCH3 is 1. The van der Waals surface area contributed by atoms with Gasteiger partial charge < -0.3 is 24.7 Å². The molecule has 2 aromatic carbocycles. The van der Waals surface area contributed by atoms with E-state index in [1.165, 1.54) is 6.07 Å². The summed E-state index contributed by atoms with van der Waals surface area (Å²) in [6, 6.07) is 17.3. The molecule has 0 fully saturated rings. The maximum atomic E-state index is 14.6. The minimum absolute atomic E-state index is 0.00261. The van der Waals surface area contributed by atoms with Crippen LogP contribution in [0.3, 0.4) is 0 Å². The van der Waals surface area contributed by atoms with Crippen LogP contribution in [0.1, 0.15) is 58.6 Å². The predicted octanol–water partition coefficient (Wildman–Crippen LogP) is 7.65. The Kier molecular flexibility index (Phi) is 12.1. The normalized spacial score (nSPS) is 14.2. The molecule has 1 amide bonds. The largest absolute Gasteiger partial charge is 0.481 e. The molecule has 0 unspecified atom stereocenters. The Bertz CT molecular complexity index is 1450. The van der Waals surface area contributed by atoms with Crippen molar-refractivity contribution in [3.8, 4) is 17.0 Å². The van der Waals surface area contributed by atoms with E-state index in [0.717, 1.165) is 16.7 Å². The lowest BCUT2D eigenvalue weighted by molar-refractivity contribution is -0.142. The van der Waals surface area contributed by atoms with E-state index in [1.807, 2.05) is 57.3 Å². The minimum atomic E-state index is -2.74. The van der Waals surface area contributed by atoms with Crippen LogP contribution in [0, 0.1) is 17.7 Å². The summed E-state index contributed by atoms with van der Waals surface area (Å²) in [4.78, 5) is 41.4. The van der Waals surface area contributed by atoms with Gasteiger partial charge in [0.25, 0.3) is 0 Å². The number of alkyl carbamates (subject to hydrolysis) is 1.